The van der Waals surface area contributed by atoms with Gasteiger partial charge in [-0.3, -0.25) is 9.69 Å². The van der Waals surface area contributed by atoms with Gasteiger partial charge in [-0.1, -0.05) is 17.7 Å². The van der Waals surface area contributed by atoms with Gasteiger partial charge in [0.15, 0.2) is 0 Å². The van der Waals surface area contributed by atoms with E-state index >= 15 is 0 Å². The van der Waals surface area contributed by atoms with Crippen molar-refractivity contribution in [2.75, 3.05) is 0 Å². The lowest BCUT2D eigenvalue weighted by atomic mass is 10.1. The highest BCUT2D eigenvalue weighted by Gasteiger charge is 2.35. The number of benzene rings is 1. The number of rotatable bonds is 5. The molecule has 18 heavy (non-hydrogen) atoms. The summed E-state index contributed by atoms with van der Waals surface area (Å²) < 4.78 is 13.7. The van der Waals surface area contributed by atoms with Crippen molar-refractivity contribution in [3.05, 3.63) is 34.6 Å². The van der Waals surface area contributed by atoms with Gasteiger partial charge in [-0.15, -0.1) is 0 Å². The maximum absolute atomic E-state index is 13.7. The zero-order valence-corrected chi connectivity index (χ0v) is 10.8. The first kappa shape index (κ1) is 13.3. The number of halogens is 2. The molecule has 1 aromatic rings. The van der Waals surface area contributed by atoms with E-state index in [-0.39, 0.29) is 18.4 Å². The second kappa shape index (κ2) is 5.24. The number of hydrogen-bond acceptors (Lipinski definition) is 2. The van der Waals surface area contributed by atoms with Crippen molar-refractivity contribution in [2.45, 2.75) is 38.4 Å². The summed E-state index contributed by atoms with van der Waals surface area (Å²) in [7, 11) is 0. The van der Waals surface area contributed by atoms with Gasteiger partial charge in [0, 0.05) is 23.2 Å². The van der Waals surface area contributed by atoms with Gasteiger partial charge in [0.1, 0.15) is 11.9 Å². The number of nitrogens with zero attached hydrogens (tertiary/aromatic N) is 1. The van der Waals surface area contributed by atoms with Gasteiger partial charge in [-0.25, -0.2) is 4.39 Å². The van der Waals surface area contributed by atoms with E-state index in [1.165, 1.54) is 6.07 Å². The number of carbonyl (C=O) groups is 1. The summed E-state index contributed by atoms with van der Waals surface area (Å²) in [6.45, 7) is 1.86. The third-order valence-electron chi connectivity index (χ3n) is 3.27. The largest absolute Gasteiger partial charge is 0.480 e. The average molecular weight is 272 g/mol. The highest BCUT2D eigenvalue weighted by molar-refractivity contribution is 6.31. The second-order valence-electron chi connectivity index (χ2n) is 4.62. The van der Waals surface area contributed by atoms with Crippen LogP contribution in [0.4, 0.5) is 4.39 Å². The number of aliphatic carboxylic acids is 1. The first-order valence-corrected chi connectivity index (χ1v) is 6.30. The van der Waals surface area contributed by atoms with Gasteiger partial charge in [0.2, 0.25) is 0 Å². The fourth-order valence-electron chi connectivity index (χ4n) is 2.00. The van der Waals surface area contributed by atoms with Crippen LogP contribution < -0.4 is 0 Å². The van der Waals surface area contributed by atoms with E-state index in [4.69, 9.17) is 16.7 Å². The minimum Gasteiger partial charge on any atom is -0.480 e. The molecule has 0 radical (unpaired) electrons. The molecule has 0 spiro atoms. The van der Waals surface area contributed by atoms with Gasteiger partial charge in [-0.2, -0.15) is 0 Å². The van der Waals surface area contributed by atoms with Gasteiger partial charge in [0.05, 0.1) is 0 Å². The molecule has 2 rings (SSSR count). The molecule has 1 N–H and O–H groups in total. The normalized spacial score (nSPS) is 16.9. The summed E-state index contributed by atoms with van der Waals surface area (Å²) in [5, 5.41) is 9.42. The Labute approximate surface area is 110 Å². The van der Waals surface area contributed by atoms with E-state index in [1.807, 2.05) is 0 Å². The van der Waals surface area contributed by atoms with E-state index in [1.54, 1.807) is 24.0 Å². The van der Waals surface area contributed by atoms with Crippen molar-refractivity contribution in [3.8, 4) is 0 Å². The fraction of sp³-hybridized carbons (Fsp3) is 0.462. The Hall–Kier alpha value is -1.13. The molecule has 3 nitrogen and oxygen atoms in total. The lowest BCUT2D eigenvalue weighted by Crippen LogP contribution is -2.40. The van der Waals surface area contributed by atoms with Crippen LogP contribution in [0.25, 0.3) is 0 Å². The molecule has 5 heteroatoms. The average Bonchev–Trinajstić information content (AvgIpc) is 3.12. The third-order valence-corrected chi connectivity index (χ3v) is 3.63. The van der Waals surface area contributed by atoms with Crippen LogP contribution >= 0.6 is 11.6 Å². The number of carboxylic acids is 1. The molecule has 1 saturated carbocycles. The van der Waals surface area contributed by atoms with Crippen LogP contribution in [0.3, 0.4) is 0 Å². The van der Waals surface area contributed by atoms with Crippen molar-refractivity contribution in [1.29, 1.82) is 0 Å². The monoisotopic (exact) mass is 271 g/mol. The number of carboxylic acid groups (broad SMARTS) is 1. The van der Waals surface area contributed by atoms with Gasteiger partial charge >= 0.3 is 5.97 Å². The molecule has 0 aromatic heterocycles. The molecule has 0 bridgehead atoms. The molecule has 0 heterocycles. The highest BCUT2D eigenvalue weighted by Crippen LogP contribution is 2.32. The van der Waals surface area contributed by atoms with E-state index in [0.29, 0.717) is 10.6 Å². The minimum absolute atomic E-state index is 0.228. The topological polar surface area (TPSA) is 40.5 Å². The summed E-state index contributed by atoms with van der Waals surface area (Å²) in [5.41, 5.74) is 0.374. The molecule has 1 atom stereocenters. The third kappa shape index (κ3) is 2.82. The van der Waals surface area contributed by atoms with E-state index in [2.05, 4.69) is 0 Å². The summed E-state index contributed by atoms with van der Waals surface area (Å²) in [4.78, 5) is 12.9. The van der Waals surface area contributed by atoms with E-state index in [0.717, 1.165) is 12.8 Å². The predicted molar refractivity (Wildman–Crippen MR) is 67.1 cm³/mol. The summed E-state index contributed by atoms with van der Waals surface area (Å²) >= 11 is 5.97. The quantitative estimate of drug-likeness (QED) is 0.895. The van der Waals surface area contributed by atoms with Crippen molar-refractivity contribution >= 4 is 17.6 Å². The Morgan fingerprint density at radius 3 is 2.78 bits per heavy atom. The fourth-order valence-corrected chi connectivity index (χ4v) is 2.22. The van der Waals surface area contributed by atoms with Crippen LogP contribution in [0.5, 0.6) is 0 Å². The molecule has 1 aliphatic rings. The van der Waals surface area contributed by atoms with Crippen LogP contribution in [0.1, 0.15) is 25.3 Å². The van der Waals surface area contributed by atoms with E-state index in [9.17, 15) is 9.18 Å². The molecule has 0 amide bonds. The summed E-state index contributed by atoms with van der Waals surface area (Å²) in [6.07, 6.45) is 1.92. The lowest BCUT2D eigenvalue weighted by molar-refractivity contribution is -0.143. The van der Waals surface area contributed by atoms with Crippen molar-refractivity contribution < 1.29 is 14.3 Å². The smallest absolute Gasteiger partial charge is 0.320 e. The van der Waals surface area contributed by atoms with Crippen molar-refractivity contribution in [2.24, 2.45) is 0 Å². The Morgan fingerprint density at radius 2 is 2.28 bits per heavy atom. The number of hydrogen-bond donors (Lipinski definition) is 1. The maximum atomic E-state index is 13.7. The zero-order chi connectivity index (χ0) is 13.3. The lowest BCUT2D eigenvalue weighted by Gasteiger charge is -2.26. The van der Waals surface area contributed by atoms with Gasteiger partial charge < -0.3 is 5.11 Å². The molecule has 0 saturated heterocycles. The Morgan fingerprint density at radius 1 is 1.61 bits per heavy atom. The van der Waals surface area contributed by atoms with Gasteiger partial charge in [-0.05, 0) is 31.9 Å². The zero-order valence-electron chi connectivity index (χ0n) is 10.1. The SMILES string of the molecule is CC(C(=O)O)N(Cc1c(F)cccc1Cl)C1CC1. The maximum Gasteiger partial charge on any atom is 0.320 e. The van der Waals surface area contributed by atoms with Crippen LogP contribution in [-0.4, -0.2) is 28.1 Å². The first-order valence-electron chi connectivity index (χ1n) is 5.92. The molecule has 1 aliphatic carbocycles. The first-order chi connectivity index (χ1) is 8.50. The van der Waals surface area contributed by atoms with Crippen molar-refractivity contribution in [1.82, 2.24) is 4.90 Å². The predicted octanol–water partition coefficient (Wildman–Crippen LogP) is 2.92. The molecule has 0 aliphatic heterocycles. The Bertz CT molecular complexity index is 442. The molecule has 1 unspecified atom stereocenters. The van der Waals surface area contributed by atoms with Crippen LogP contribution in [0, 0.1) is 5.82 Å². The Balaban J connectivity index is 2.21. The van der Waals surface area contributed by atoms with Crippen LogP contribution in [-0.2, 0) is 11.3 Å². The molecular weight excluding hydrogens is 257 g/mol. The van der Waals surface area contributed by atoms with Gasteiger partial charge in [0.25, 0.3) is 0 Å². The summed E-state index contributed by atoms with van der Waals surface area (Å²) in [5.74, 6) is -1.28. The summed E-state index contributed by atoms with van der Waals surface area (Å²) in [6, 6.07) is 4.11. The van der Waals surface area contributed by atoms with Crippen LogP contribution in [0.15, 0.2) is 18.2 Å². The molecule has 98 valence electrons. The van der Waals surface area contributed by atoms with Crippen LogP contribution in [0.2, 0.25) is 5.02 Å². The minimum atomic E-state index is -0.894. The molecule has 1 fully saturated rings. The van der Waals surface area contributed by atoms with Crippen molar-refractivity contribution in [3.63, 3.8) is 0 Å². The van der Waals surface area contributed by atoms with E-state index < -0.39 is 12.0 Å². The second-order valence-corrected chi connectivity index (χ2v) is 5.03. The standard InChI is InChI=1S/C13H15ClFNO2/c1-8(13(17)18)16(9-5-6-9)7-10-11(14)3-2-4-12(10)15/h2-4,8-9H,5-7H2,1H3,(H,17,18). The Kier molecular flexibility index (Phi) is 3.88. The molecular formula is C13H15ClFNO2. The molecule has 1 aromatic carbocycles. The highest BCUT2D eigenvalue weighted by atomic mass is 35.5.